The SMILES string of the molecule is Cn1c2c(sc1=NC(=O)c1ccccc1[N+](=O)[O-])CCc1ccccc1-2. The summed E-state index contributed by atoms with van der Waals surface area (Å²) in [5, 5.41) is 11.2. The molecule has 3 aromatic rings. The highest BCUT2D eigenvalue weighted by molar-refractivity contribution is 7.09. The summed E-state index contributed by atoms with van der Waals surface area (Å²) in [7, 11) is 1.88. The molecule has 1 amide bonds. The van der Waals surface area contributed by atoms with Gasteiger partial charge >= 0.3 is 0 Å². The number of carbonyl (C=O) groups excluding carboxylic acids is 1. The van der Waals surface area contributed by atoms with Gasteiger partial charge in [-0.05, 0) is 24.5 Å². The third-order valence-electron chi connectivity index (χ3n) is 4.52. The van der Waals surface area contributed by atoms with Gasteiger partial charge in [0.1, 0.15) is 5.56 Å². The first-order chi connectivity index (χ1) is 12.6. The number of nitro benzene ring substituents is 1. The molecule has 1 aromatic heterocycles. The number of amides is 1. The van der Waals surface area contributed by atoms with E-state index < -0.39 is 10.8 Å². The van der Waals surface area contributed by atoms with E-state index in [0.29, 0.717) is 4.80 Å². The fourth-order valence-electron chi connectivity index (χ4n) is 3.29. The van der Waals surface area contributed by atoms with Crippen LogP contribution >= 0.6 is 11.3 Å². The van der Waals surface area contributed by atoms with E-state index in [2.05, 4.69) is 17.1 Å². The van der Waals surface area contributed by atoms with Crippen LogP contribution in [0.25, 0.3) is 11.3 Å². The number of aromatic nitrogens is 1. The summed E-state index contributed by atoms with van der Waals surface area (Å²) in [6.45, 7) is 0. The number of thiazole rings is 1. The van der Waals surface area contributed by atoms with E-state index in [1.54, 1.807) is 6.07 Å². The van der Waals surface area contributed by atoms with Crippen molar-refractivity contribution >= 4 is 22.9 Å². The highest BCUT2D eigenvalue weighted by atomic mass is 32.1. The zero-order valence-corrected chi connectivity index (χ0v) is 14.8. The zero-order valence-electron chi connectivity index (χ0n) is 14.0. The van der Waals surface area contributed by atoms with Gasteiger partial charge in [0.25, 0.3) is 11.6 Å². The molecule has 0 N–H and O–H groups in total. The predicted molar refractivity (Wildman–Crippen MR) is 99.1 cm³/mol. The number of para-hydroxylation sites is 1. The Hall–Kier alpha value is -3.06. The van der Waals surface area contributed by atoms with Gasteiger partial charge in [0.05, 0.1) is 10.6 Å². The van der Waals surface area contributed by atoms with E-state index in [9.17, 15) is 14.9 Å². The third-order valence-corrected chi connectivity index (χ3v) is 5.71. The van der Waals surface area contributed by atoms with Crippen molar-refractivity contribution in [3.63, 3.8) is 0 Å². The first-order valence-corrected chi connectivity index (χ1v) is 8.97. The normalized spacial score (nSPS) is 13.2. The Bertz CT molecular complexity index is 1110. The molecule has 0 bridgehead atoms. The molecule has 0 unspecified atom stereocenters. The Morgan fingerprint density at radius 3 is 2.69 bits per heavy atom. The molecule has 1 aliphatic carbocycles. The molecule has 6 nitrogen and oxygen atoms in total. The quantitative estimate of drug-likeness (QED) is 0.515. The zero-order chi connectivity index (χ0) is 18.3. The van der Waals surface area contributed by atoms with Gasteiger partial charge in [-0.2, -0.15) is 4.99 Å². The van der Waals surface area contributed by atoms with E-state index in [1.165, 1.54) is 40.0 Å². The molecule has 0 fully saturated rings. The third kappa shape index (κ3) is 2.66. The molecule has 0 atom stereocenters. The molecule has 1 aliphatic rings. The van der Waals surface area contributed by atoms with Crippen LogP contribution in [-0.2, 0) is 19.9 Å². The van der Waals surface area contributed by atoms with Crippen LogP contribution in [0, 0.1) is 10.1 Å². The van der Waals surface area contributed by atoms with Crippen molar-refractivity contribution in [2.24, 2.45) is 12.0 Å². The minimum Gasteiger partial charge on any atom is -0.319 e. The molecular weight excluding hydrogens is 350 g/mol. The Morgan fingerprint density at radius 2 is 1.88 bits per heavy atom. The number of rotatable bonds is 2. The molecule has 130 valence electrons. The van der Waals surface area contributed by atoms with E-state index in [1.807, 2.05) is 23.7 Å². The first-order valence-electron chi connectivity index (χ1n) is 8.15. The van der Waals surface area contributed by atoms with Gasteiger partial charge in [0.2, 0.25) is 0 Å². The van der Waals surface area contributed by atoms with Crippen molar-refractivity contribution in [2.45, 2.75) is 12.8 Å². The topological polar surface area (TPSA) is 77.5 Å². The highest BCUT2D eigenvalue weighted by Gasteiger charge is 2.22. The van der Waals surface area contributed by atoms with E-state index in [0.717, 1.165) is 24.1 Å². The number of carbonyl (C=O) groups is 1. The maximum absolute atomic E-state index is 12.6. The number of hydrogen-bond donors (Lipinski definition) is 0. The number of benzene rings is 2. The Morgan fingerprint density at radius 1 is 1.15 bits per heavy atom. The predicted octanol–water partition coefficient (Wildman–Crippen LogP) is 3.50. The van der Waals surface area contributed by atoms with Crippen molar-refractivity contribution in [1.82, 2.24) is 4.57 Å². The highest BCUT2D eigenvalue weighted by Crippen LogP contribution is 2.34. The second kappa shape index (κ2) is 6.34. The van der Waals surface area contributed by atoms with Crippen LogP contribution in [0.4, 0.5) is 5.69 Å². The average Bonchev–Trinajstić information content (AvgIpc) is 2.97. The summed E-state index contributed by atoms with van der Waals surface area (Å²) < 4.78 is 1.91. The number of nitrogens with zero attached hydrogens (tertiary/aromatic N) is 3. The van der Waals surface area contributed by atoms with E-state index in [4.69, 9.17) is 0 Å². The van der Waals surface area contributed by atoms with Gasteiger partial charge in [0, 0.05) is 23.6 Å². The van der Waals surface area contributed by atoms with Gasteiger partial charge < -0.3 is 4.57 Å². The minimum absolute atomic E-state index is 0.00396. The van der Waals surface area contributed by atoms with Crippen molar-refractivity contribution < 1.29 is 9.72 Å². The lowest BCUT2D eigenvalue weighted by molar-refractivity contribution is -0.385. The fraction of sp³-hybridized carbons (Fsp3) is 0.158. The van der Waals surface area contributed by atoms with Crippen molar-refractivity contribution in [1.29, 1.82) is 0 Å². The molecule has 0 radical (unpaired) electrons. The van der Waals surface area contributed by atoms with Gasteiger partial charge in [-0.25, -0.2) is 0 Å². The summed E-state index contributed by atoms with van der Waals surface area (Å²) in [5.74, 6) is -0.597. The molecule has 0 saturated carbocycles. The lowest BCUT2D eigenvalue weighted by Gasteiger charge is -2.16. The van der Waals surface area contributed by atoms with Gasteiger partial charge in [-0.15, -0.1) is 11.3 Å². The molecule has 1 heterocycles. The van der Waals surface area contributed by atoms with Crippen molar-refractivity contribution in [2.75, 3.05) is 0 Å². The molecule has 0 spiro atoms. The second-order valence-corrected chi connectivity index (χ2v) is 7.13. The van der Waals surface area contributed by atoms with Crippen molar-refractivity contribution in [3.05, 3.63) is 79.5 Å². The second-order valence-electron chi connectivity index (χ2n) is 6.06. The van der Waals surface area contributed by atoms with E-state index in [-0.39, 0.29) is 11.3 Å². The summed E-state index contributed by atoms with van der Waals surface area (Å²) in [5.41, 5.74) is 3.29. The molecule has 26 heavy (non-hydrogen) atoms. The number of aryl methyl sites for hydroxylation is 2. The summed E-state index contributed by atoms with van der Waals surface area (Å²) in [6.07, 6.45) is 1.86. The number of fused-ring (bicyclic) bond motifs is 3. The molecule has 0 aliphatic heterocycles. The Balaban J connectivity index is 1.83. The van der Waals surface area contributed by atoms with Crippen LogP contribution in [0.1, 0.15) is 20.8 Å². The van der Waals surface area contributed by atoms with Crippen LogP contribution in [0.2, 0.25) is 0 Å². The fourth-order valence-corrected chi connectivity index (χ4v) is 4.41. The number of nitro groups is 1. The Kier molecular flexibility index (Phi) is 4.00. The minimum atomic E-state index is -0.597. The Labute approximate surface area is 153 Å². The lowest BCUT2D eigenvalue weighted by Crippen LogP contribution is -2.15. The largest absolute Gasteiger partial charge is 0.319 e. The molecule has 7 heteroatoms. The monoisotopic (exact) mass is 365 g/mol. The standard InChI is InChI=1S/C19H15N3O3S/c1-21-17-13-7-3-2-6-12(13)10-11-16(17)26-19(21)20-18(23)14-8-4-5-9-15(14)22(24)25/h2-9H,10-11H2,1H3. The van der Waals surface area contributed by atoms with Crippen LogP contribution in [0.3, 0.4) is 0 Å². The summed E-state index contributed by atoms with van der Waals surface area (Å²) in [4.78, 5) is 29.1. The number of hydrogen-bond acceptors (Lipinski definition) is 4. The van der Waals surface area contributed by atoms with Gasteiger partial charge in [-0.1, -0.05) is 36.4 Å². The van der Waals surface area contributed by atoms with Crippen LogP contribution in [0.15, 0.2) is 53.5 Å². The van der Waals surface area contributed by atoms with Gasteiger partial charge in [-0.3, -0.25) is 14.9 Å². The summed E-state index contributed by atoms with van der Waals surface area (Å²) in [6, 6.07) is 14.1. The maximum atomic E-state index is 12.6. The van der Waals surface area contributed by atoms with Crippen LogP contribution < -0.4 is 4.80 Å². The average molecular weight is 365 g/mol. The molecular formula is C19H15N3O3S. The van der Waals surface area contributed by atoms with Gasteiger partial charge in [0.15, 0.2) is 4.80 Å². The molecule has 4 rings (SSSR count). The smallest absolute Gasteiger partial charge is 0.286 e. The van der Waals surface area contributed by atoms with Crippen molar-refractivity contribution in [3.8, 4) is 11.3 Å². The lowest BCUT2D eigenvalue weighted by atomic mass is 9.93. The summed E-state index contributed by atoms with van der Waals surface area (Å²) >= 11 is 1.47. The van der Waals surface area contributed by atoms with Crippen LogP contribution in [-0.4, -0.2) is 15.4 Å². The first kappa shape index (κ1) is 16.4. The maximum Gasteiger partial charge on any atom is 0.286 e. The van der Waals surface area contributed by atoms with Crippen LogP contribution in [0.5, 0.6) is 0 Å². The van der Waals surface area contributed by atoms with E-state index >= 15 is 0 Å². The molecule has 2 aromatic carbocycles. The molecule has 0 saturated heterocycles.